The number of aliphatic hydroxyl groups is 1. The Balaban J connectivity index is 1.83. The molecule has 0 aliphatic heterocycles. The topological polar surface area (TPSA) is 73.1 Å². The molecule has 136 valence electrons. The zero-order chi connectivity index (χ0) is 18.8. The van der Waals surface area contributed by atoms with Crippen molar-refractivity contribution in [1.29, 1.82) is 0 Å². The Hall–Kier alpha value is -3.25. The van der Waals surface area contributed by atoms with Gasteiger partial charge < -0.3 is 9.84 Å². The summed E-state index contributed by atoms with van der Waals surface area (Å²) in [6.45, 7) is 2.59. The smallest absolute Gasteiger partial charge is 0.137 e. The molecule has 2 aromatic carbocycles. The van der Waals surface area contributed by atoms with Gasteiger partial charge in [-0.05, 0) is 36.8 Å². The van der Waals surface area contributed by atoms with Crippen LogP contribution in [-0.2, 0) is 13.2 Å². The van der Waals surface area contributed by atoms with E-state index in [0.717, 1.165) is 44.6 Å². The number of fused-ring (bicyclic) bond motifs is 1. The van der Waals surface area contributed by atoms with Crippen LogP contribution in [0.2, 0.25) is 0 Å². The van der Waals surface area contributed by atoms with Crippen LogP contribution in [0.5, 0.6) is 5.75 Å². The fourth-order valence-electron chi connectivity index (χ4n) is 3.30. The van der Waals surface area contributed by atoms with Crippen LogP contribution in [0.1, 0.15) is 16.7 Å². The van der Waals surface area contributed by atoms with Gasteiger partial charge >= 0.3 is 0 Å². The Morgan fingerprint density at radius 1 is 1.11 bits per heavy atom. The van der Waals surface area contributed by atoms with Crippen molar-refractivity contribution in [3.05, 3.63) is 71.8 Å². The van der Waals surface area contributed by atoms with E-state index in [1.807, 2.05) is 30.3 Å². The minimum atomic E-state index is -0.0343. The van der Waals surface area contributed by atoms with E-state index in [9.17, 15) is 5.11 Å². The summed E-state index contributed by atoms with van der Waals surface area (Å²) in [6, 6.07) is 14.0. The maximum atomic E-state index is 9.67. The summed E-state index contributed by atoms with van der Waals surface area (Å²) in [4.78, 5) is 8.83. The van der Waals surface area contributed by atoms with Crippen molar-refractivity contribution in [3.8, 4) is 17.0 Å². The lowest BCUT2D eigenvalue weighted by atomic mass is 10.0. The van der Waals surface area contributed by atoms with Gasteiger partial charge in [0.05, 0.1) is 31.5 Å². The molecule has 0 bridgehead atoms. The number of hydrogen-bond donors (Lipinski definition) is 1. The molecule has 0 amide bonds. The molecule has 0 unspecified atom stereocenters. The number of aromatic nitrogens is 4. The van der Waals surface area contributed by atoms with Crippen molar-refractivity contribution in [2.24, 2.45) is 0 Å². The van der Waals surface area contributed by atoms with E-state index in [1.165, 1.54) is 6.33 Å². The van der Waals surface area contributed by atoms with Gasteiger partial charge in [0, 0.05) is 22.1 Å². The average Bonchev–Trinajstić information content (AvgIpc) is 3.20. The molecule has 0 fully saturated rings. The molecule has 0 aliphatic rings. The fraction of sp³-hybridized carbons (Fsp3) is 0.190. The number of pyridine rings is 1. The van der Waals surface area contributed by atoms with Gasteiger partial charge in [0.1, 0.15) is 18.4 Å². The molecular weight excluding hydrogens is 340 g/mol. The molecule has 0 saturated heterocycles. The first kappa shape index (κ1) is 17.2. The molecule has 6 heteroatoms. The minimum Gasteiger partial charge on any atom is -0.496 e. The van der Waals surface area contributed by atoms with Crippen molar-refractivity contribution in [3.63, 3.8) is 0 Å². The highest BCUT2D eigenvalue weighted by Gasteiger charge is 2.11. The summed E-state index contributed by atoms with van der Waals surface area (Å²) in [6.07, 6.45) is 3.19. The van der Waals surface area contributed by atoms with E-state index in [-0.39, 0.29) is 6.61 Å². The van der Waals surface area contributed by atoms with Gasteiger partial charge in [0.2, 0.25) is 0 Å². The molecule has 2 heterocycles. The van der Waals surface area contributed by atoms with Gasteiger partial charge in [-0.1, -0.05) is 18.2 Å². The number of aliphatic hydroxyl groups excluding tert-OH is 1. The summed E-state index contributed by atoms with van der Waals surface area (Å²) in [5.74, 6) is 0.794. The molecule has 0 spiro atoms. The SMILES string of the molecule is COc1ccc(-c2cc(C)c3cccc(CO)c3n2)cc1Cn1cncn1. The Kier molecular flexibility index (Phi) is 4.56. The molecule has 6 nitrogen and oxygen atoms in total. The summed E-state index contributed by atoms with van der Waals surface area (Å²) >= 11 is 0. The zero-order valence-electron chi connectivity index (χ0n) is 15.3. The van der Waals surface area contributed by atoms with Gasteiger partial charge in [0.25, 0.3) is 0 Å². The van der Waals surface area contributed by atoms with E-state index >= 15 is 0 Å². The number of ether oxygens (including phenoxy) is 1. The maximum absolute atomic E-state index is 9.67. The molecule has 0 saturated carbocycles. The lowest BCUT2D eigenvalue weighted by Crippen LogP contribution is -2.03. The predicted molar refractivity (Wildman–Crippen MR) is 104 cm³/mol. The van der Waals surface area contributed by atoms with Gasteiger partial charge in [-0.2, -0.15) is 5.10 Å². The van der Waals surface area contributed by atoms with Gasteiger partial charge in [-0.25, -0.2) is 14.6 Å². The Labute approximate surface area is 157 Å². The third-order valence-corrected chi connectivity index (χ3v) is 4.68. The summed E-state index contributed by atoms with van der Waals surface area (Å²) < 4.78 is 7.25. The lowest BCUT2D eigenvalue weighted by Gasteiger charge is -2.13. The van der Waals surface area contributed by atoms with E-state index in [2.05, 4.69) is 29.1 Å². The van der Waals surface area contributed by atoms with Crippen LogP contribution in [0, 0.1) is 6.92 Å². The standard InChI is InChI=1S/C21H20N4O2/c1-14-8-19(24-21-16(11-26)4-3-5-18(14)21)15-6-7-20(27-2)17(9-15)10-25-13-22-12-23-25/h3-9,12-13,26H,10-11H2,1-2H3. The number of benzene rings is 2. The minimum absolute atomic E-state index is 0.0343. The molecule has 4 rings (SSSR count). The number of methoxy groups -OCH3 is 1. The van der Waals surface area contributed by atoms with Crippen LogP contribution in [0.15, 0.2) is 55.1 Å². The first-order chi connectivity index (χ1) is 13.2. The number of rotatable bonds is 5. The second-order valence-electron chi connectivity index (χ2n) is 6.42. The molecule has 0 atom stereocenters. The molecule has 1 N–H and O–H groups in total. The fourth-order valence-corrected chi connectivity index (χ4v) is 3.30. The molecule has 0 aliphatic carbocycles. The van der Waals surface area contributed by atoms with E-state index in [1.54, 1.807) is 18.1 Å². The van der Waals surface area contributed by atoms with Crippen molar-refractivity contribution in [1.82, 2.24) is 19.7 Å². The monoisotopic (exact) mass is 360 g/mol. The largest absolute Gasteiger partial charge is 0.496 e. The average molecular weight is 360 g/mol. The van der Waals surface area contributed by atoms with Gasteiger partial charge in [0.15, 0.2) is 0 Å². The van der Waals surface area contributed by atoms with Gasteiger partial charge in [-0.3, -0.25) is 0 Å². The van der Waals surface area contributed by atoms with Crippen LogP contribution < -0.4 is 4.74 Å². The van der Waals surface area contributed by atoms with Crippen LogP contribution in [-0.4, -0.2) is 32.0 Å². The van der Waals surface area contributed by atoms with Gasteiger partial charge in [-0.15, -0.1) is 0 Å². The summed E-state index contributed by atoms with van der Waals surface area (Å²) in [5, 5.41) is 14.9. The molecule has 27 heavy (non-hydrogen) atoms. The molecule has 4 aromatic rings. The Morgan fingerprint density at radius 2 is 2.00 bits per heavy atom. The highest BCUT2D eigenvalue weighted by Crippen LogP contribution is 2.30. The van der Waals surface area contributed by atoms with E-state index in [0.29, 0.717) is 6.54 Å². The zero-order valence-corrected chi connectivity index (χ0v) is 15.3. The summed E-state index contributed by atoms with van der Waals surface area (Å²) in [7, 11) is 1.66. The van der Waals surface area contributed by atoms with Crippen molar-refractivity contribution in [2.75, 3.05) is 7.11 Å². The second-order valence-corrected chi connectivity index (χ2v) is 6.42. The molecule has 0 radical (unpaired) electrons. The normalized spacial score (nSPS) is 11.1. The third-order valence-electron chi connectivity index (χ3n) is 4.68. The second kappa shape index (κ2) is 7.17. The highest BCUT2D eigenvalue weighted by atomic mass is 16.5. The van der Waals surface area contributed by atoms with Crippen LogP contribution in [0.3, 0.4) is 0 Å². The van der Waals surface area contributed by atoms with Crippen LogP contribution >= 0.6 is 0 Å². The Bertz CT molecular complexity index is 1090. The van der Waals surface area contributed by atoms with Crippen molar-refractivity contribution in [2.45, 2.75) is 20.1 Å². The number of para-hydroxylation sites is 1. The van der Waals surface area contributed by atoms with Crippen LogP contribution in [0.4, 0.5) is 0 Å². The highest BCUT2D eigenvalue weighted by molar-refractivity contribution is 5.87. The molecular formula is C21H20N4O2. The first-order valence-corrected chi connectivity index (χ1v) is 8.69. The van der Waals surface area contributed by atoms with Crippen molar-refractivity contribution >= 4 is 10.9 Å². The number of hydrogen-bond acceptors (Lipinski definition) is 5. The predicted octanol–water partition coefficient (Wildman–Crippen LogP) is 3.35. The van der Waals surface area contributed by atoms with Crippen LogP contribution in [0.25, 0.3) is 22.2 Å². The van der Waals surface area contributed by atoms with E-state index in [4.69, 9.17) is 9.72 Å². The van der Waals surface area contributed by atoms with Crippen molar-refractivity contribution < 1.29 is 9.84 Å². The van der Waals surface area contributed by atoms with E-state index < -0.39 is 0 Å². The molecule has 2 aromatic heterocycles. The summed E-state index contributed by atoms with van der Waals surface area (Å²) in [5.41, 5.74) is 5.64. The first-order valence-electron chi connectivity index (χ1n) is 8.69. The number of aryl methyl sites for hydroxylation is 1. The maximum Gasteiger partial charge on any atom is 0.137 e. The quantitative estimate of drug-likeness (QED) is 0.591. The number of nitrogens with zero attached hydrogens (tertiary/aromatic N) is 4. The third kappa shape index (κ3) is 3.27. The lowest BCUT2D eigenvalue weighted by molar-refractivity contribution is 0.283. The Morgan fingerprint density at radius 3 is 2.74 bits per heavy atom.